The summed E-state index contributed by atoms with van der Waals surface area (Å²) in [6, 6.07) is 0. The van der Waals surface area contributed by atoms with Crippen molar-refractivity contribution in [1.29, 1.82) is 0 Å². The Hall–Kier alpha value is -0.420. The summed E-state index contributed by atoms with van der Waals surface area (Å²) in [7, 11) is -4.41. The summed E-state index contributed by atoms with van der Waals surface area (Å²) in [5.74, 6) is 0. The molecule has 0 aliphatic rings. The number of primary sulfonamides is 1. The van der Waals surface area contributed by atoms with Gasteiger partial charge in [-0.1, -0.05) is 0 Å². The van der Waals surface area contributed by atoms with Crippen LogP contribution < -0.4 is 5.14 Å². The summed E-state index contributed by atoms with van der Waals surface area (Å²) in [6.07, 6.45) is -3.37. The van der Waals surface area contributed by atoms with Gasteiger partial charge in [0.2, 0.25) is 10.0 Å². The highest BCUT2D eigenvalue weighted by Gasteiger charge is 2.37. The van der Waals surface area contributed by atoms with E-state index in [-0.39, 0.29) is 3.57 Å². The summed E-state index contributed by atoms with van der Waals surface area (Å²) in [4.78, 5) is 2.34. The van der Waals surface area contributed by atoms with Gasteiger partial charge in [-0.15, -0.1) is 0 Å². The third-order valence-corrected chi connectivity index (χ3v) is 3.64. The third kappa shape index (κ3) is 2.78. The van der Waals surface area contributed by atoms with Gasteiger partial charge in [0.25, 0.3) is 0 Å². The fourth-order valence-corrected chi connectivity index (χ4v) is 3.09. The maximum atomic E-state index is 12.4. The summed E-state index contributed by atoms with van der Waals surface area (Å²) in [5, 5.41) is 4.69. The minimum absolute atomic E-state index is 0.162. The van der Waals surface area contributed by atoms with E-state index in [0.717, 1.165) is 6.20 Å². The van der Waals surface area contributed by atoms with E-state index in [1.165, 1.54) is 22.6 Å². The van der Waals surface area contributed by atoms with Crippen molar-refractivity contribution < 1.29 is 21.6 Å². The van der Waals surface area contributed by atoms with Gasteiger partial charge in [0.1, 0.15) is 4.90 Å². The summed E-state index contributed by atoms with van der Waals surface area (Å²) >= 11 is 1.43. The molecule has 0 unspecified atom stereocenters. The van der Waals surface area contributed by atoms with Gasteiger partial charge in [0.15, 0.2) is 0 Å². The van der Waals surface area contributed by atoms with Crippen LogP contribution in [0.5, 0.6) is 0 Å². The van der Waals surface area contributed by atoms with Gasteiger partial charge in [-0.25, -0.2) is 13.6 Å². The molecule has 15 heavy (non-hydrogen) atoms. The number of rotatable bonds is 1. The van der Waals surface area contributed by atoms with Crippen molar-refractivity contribution in [2.24, 2.45) is 5.14 Å². The summed E-state index contributed by atoms with van der Waals surface area (Å²) in [6.45, 7) is 0. The Morgan fingerprint density at radius 2 is 1.87 bits per heavy atom. The lowest BCUT2D eigenvalue weighted by molar-refractivity contribution is -0.140. The van der Waals surface area contributed by atoms with E-state index in [1.807, 2.05) is 0 Å². The van der Waals surface area contributed by atoms with Crippen molar-refractivity contribution in [3.8, 4) is 0 Å². The fraction of sp³-hybridized carbons (Fsp3) is 0.167. The van der Waals surface area contributed by atoms with Crippen LogP contribution >= 0.6 is 22.6 Å². The number of hydrogen-bond acceptors (Lipinski definition) is 3. The second-order valence-corrected chi connectivity index (χ2v) is 5.20. The molecule has 1 aromatic rings. The maximum absolute atomic E-state index is 12.4. The Kier molecular flexibility index (Phi) is 3.26. The quantitative estimate of drug-likeness (QED) is 0.776. The number of halogens is 4. The first-order chi connectivity index (χ1) is 6.64. The van der Waals surface area contributed by atoms with Crippen molar-refractivity contribution >= 4 is 32.6 Å². The minimum Gasteiger partial charge on any atom is -0.263 e. The van der Waals surface area contributed by atoms with Crippen LogP contribution in [0, 0.1) is 3.57 Å². The Morgan fingerprint density at radius 1 is 1.33 bits per heavy atom. The maximum Gasteiger partial charge on any atom is 0.419 e. The predicted molar refractivity (Wildman–Crippen MR) is 53.3 cm³/mol. The van der Waals surface area contributed by atoms with Gasteiger partial charge < -0.3 is 0 Å². The molecule has 0 radical (unpaired) electrons. The standard InChI is InChI=1S/C6H4F3IN2O2S/c7-6(8,9)3-1-12-2-4(10)5(3)15(11,13)14/h1-2H,(H2,11,13,14). The Morgan fingerprint density at radius 3 is 2.20 bits per heavy atom. The van der Waals surface area contributed by atoms with Gasteiger partial charge in [-0.05, 0) is 22.6 Å². The van der Waals surface area contributed by atoms with Crippen LogP contribution in [-0.4, -0.2) is 13.4 Å². The largest absolute Gasteiger partial charge is 0.419 e. The summed E-state index contributed by atoms with van der Waals surface area (Å²) < 4.78 is 59.0. The molecule has 4 nitrogen and oxygen atoms in total. The van der Waals surface area contributed by atoms with Crippen LogP contribution in [0.1, 0.15) is 5.56 Å². The van der Waals surface area contributed by atoms with E-state index in [1.54, 1.807) is 0 Å². The normalized spacial score (nSPS) is 12.9. The molecule has 0 spiro atoms. The second kappa shape index (κ2) is 3.87. The molecule has 0 amide bonds. The number of aromatic nitrogens is 1. The molecule has 1 aromatic heterocycles. The van der Waals surface area contributed by atoms with Gasteiger partial charge >= 0.3 is 6.18 Å². The highest BCUT2D eigenvalue weighted by Crippen LogP contribution is 2.34. The molecule has 0 atom stereocenters. The summed E-state index contributed by atoms with van der Waals surface area (Å²) in [5.41, 5.74) is -1.35. The predicted octanol–water partition coefficient (Wildman–Crippen LogP) is 1.35. The molecule has 0 saturated heterocycles. The molecule has 9 heteroatoms. The van der Waals surface area contributed by atoms with E-state index in [0.29, 0.717) is 6.20 Å². The number of hydrogen-bond donors (Lipinski definition) is 1. The zero-order chi connectivity index (χ0) is 11.9. The average molecular weight is 352 g/mol. The lowest BCUT2D eigenvalue weighted by atomic mass is 10.3. The Labute approximate surface area is 96.9 Å². The molecular formula is C6H4F3IN2O2S. The van der Waals surface area contributed by atoms with Gasteiger partial charge in [0, 0.05) is 12.4 Å². The van der Waals surface area contributed by atoms with Crippen molar-refractivity contribution in [2.75, 3.05) is 0 Å². The SMILES string of the molecule is NS(=O)(=O)c1c(I)cncc1C(F)(F)F. The van der Waals surface area contributed by atoms with Crippen molar-refractivity contribution in [2.45, 2.75) is 11.1 Å². The molecule has 0 fully saturated rings. The van der Waals surface area contributed by atoms with E-state index in [2.05, 4.69) is 4.98 Å². The van der Waals surface area contributed by atoms with Crippen molar-refractivity contribution in [3.63, 3.8) is 0 Å². The molecule has 0 aromatic carbocycles. The number of alkyl halides is 3. The van der Waals surface area contributed by atoms with Gasteiger partial charge in [-0.2, -0.15) is 13.2 Å². The lowest BCUT2D eigenvalue weighted by Crippen LogP contribution is -2.20. The fourth-order valence-electron chi connectivity index (χ4n) is 0.914. The Bertz CT molecular complexity index is 486. The van der Waals surface area contributed by atoms with E-state index < -0.39 is 26.7 Å². The van der Waals surface area contributed by atoms with Gasteiger partial charge in [-0.3, -0.25) is 4.98 Å². The van der Waals surface area contributed by atoms with E-state index >= 15 is 0 Å². The number of nitrogens with two attached hydrogens (primary N) is 1. The average Bonchev–Trinajstić information content (AvgIpc) is 1.99. The number of pyridine rings is 1. The van der Waals surface area contributed by atoms with Crippen LogP contribution in [0.3, 0.4) is 0 Å². The highest BCUT2D eigenvalue weighted by molar-refractivity contribution is 14.1. The zero-order valence-corrected chi connectivity index (χ0v) is 9.89. The molecule has 0 bridgehead atoms. The van der Waals surface area contributed by atoms with Crippen LogP contribution in [0.15, 0.2) is 17.3 Å². The van der Waals surface area contributed by atoms with E-state index in [4.69, 9.17) is 5.14 Å². The molecule has 1 heterocycles. The van der Waals surface area contributed by atoms with Crippen LogP contribution in [0.4, 0.5) is 13.2 Å². The zero-order valence-electron chi connectivity index (χ0n) is 6.92. The first-order valence-electron chi connectivity index (χ1n) is 3.37. The smallest absolute Gasteiger partial charge is 0.263 e. The van der Waals surface area contributed by atoms with Crippen LogP contribution in [0.2, 0.25) is 0 Å². The second-order valence-electron chi connectivity index (χ2n) is 2.54. The molecular weight excluding hydrogens is 348 g/mol. The Balaban J connectivity index is 3.63. The molecule has 0 aliphatic heterocycles. The van der Waals surface area contributed by atoms with Crippen molar-refractivity contribution in [3.05, 3.63) is 21.5 Å². The molecule has 2 N–H and O–H groups in total. The third-order valence-electron chi connectivity index (χ3n) is 1.44. The van der Waals surface area contributed by atoms with Crippen molar-refractivity contribution in [1.82, 2.24) is 4.98 Å². The molecule has 1 rings (SSSR count). The first-order valence-corrected chi connectivity index (χ1v) is 6.00. The van der Waals surface area contributed by atoms with Crippen LogP contribution in [0.25, 0.3) is 0 Å². The topological polar surface area (TPSA) is 73.1 Å². The molecule has 84 valence electrons. The molecule has 0 saturated carbocycles. The number of sulfonamides is 1. The monoisotopic (exact) mass is 352 g/mol. The highest BCUT2D eigenvalue weighted by atomic mass is 127. The minimum atomic E-state index is -4.80. The number of nitrogens with zero attached hydrogens (tertiary/aromatic N) is 1. The molecule has 0 aliphatic carbocycles. The van der Waals surface area contributed by atoms with Gasteiger partial charge in [0.05, 0.1) is 9.13 Å². The first kappa shape index (κ1) is 12.6. The lowest BCUT2D eigenvalue weighted by Gasteiger charge is -2.11. The van der Waals surface area contributed by atoms with Crippen LogP contribution in [-0.2, 0) is 16.2 Å². The van der Waals surface area contributed by atoms with E-state index in [9.17, 15) is 21.6 Å².